The maximum absolute atomic E-state index is 12.2. The lowest BCUT2D eigenvalue weighted by atomic mass is 10.2. The molecule has 0 saturated carbocycles. The first-order valence-electron chi connectivity index (χ1n) is 6.05. The highest BCUT2D eigenvalue weighted by Crippen LogP contribution is 2.19. The molecule has 20 heavy (non-hydrogen) atoms. The molecule has 0 radical (unpaired) electrons. The molecule has 1 aromatic rings. The van der Waals surface area contributed by atoms with Gasteiger partial charge in [-0.15, -0.1) is 0 Å². The zero-order valence-corrected chi connectivity index (χ0v) is 13.6. The Morgan fingerprint density at radius 1 is 1.20 bits per heavy atom. The molecule has 0 amide bonds. The van der Waals surface area contributed by atoms with Crippen molar-refractivity contribution >= 4 is 19.9 Å². The van der Waals surface area contributed by atoms with Gasteiger partial charge in [0.1, 0.15) is 0 Å². The number of benzene rings is 1. The zero-order valence-electron chi connectivity index (χ0n) is 12.0. The fourth-order valence-electron chi connectivity index (χ4n) is 1.52. The Kier molecular flexibility index (Phi) is 5.31. The Morgan fingerprint density at radius 3 is 2.30 bits per heavy atom. The van der Waals surface area contributed by atoms with E-state index in [4.69, 9.17) is 0 Å². The molecule has 0 heterocycles. The van der Waals surface area contributed by atoms with E-state index in [-0.39, 0.29) is 22.4 Å². The summed E-state index contributed by atoms with van der Waals surface area (Å²) in [5, 5.41) is 2.92. The lowest BCUT2D eigenvalue weighted by Crippen LogP contribution is -2.37. The van der Waals surface area contributed by atoms with Crippen LogP contribution in [0.5, 0.6) is 0 Å². The van der Waals surface area contributed by atoms with Crippen LogP contribution < -0.4 is 10.0 Å². The molecule has 1 rings (SSSR count). The molecular formula is C12H20N2O4S2. The predicted molar refractivity (Wildman–Crippen MR) is 78.0 cm³/mol. The van der Waals surface area contributed by atoms with Gasteiger partial charge < -0.3 is 5.32 Å². The van der Waals surface area contributed by atoms with Crippen LogP contribution >= 0.6 is 0 Å². The van der Waals surface area contributed by atoms with Crippen molar-refractivity contribution in [2.24, 2.45) is 0 Å². The van der Waals surface area contributed by atoms with Gasteiger partial charge in [0.05, 0.1) is 9.79 Å². The second kappa shape index (κ2) is 6.21. The fraction of sp³-hybridized carbons (Fsp3) is 0.500. The summed E-state index contributed by atoms with van der Waals surface area (Å²) < 4.78 is 49.9. The van der Waals surface area contributed by atoms with Gasteiger partial charge in [-0.25, -0.2) is 21.6 Å². The van der Waals surface area contributed by atoms with Crippen molar-refractivity contribution in [2.75, 3.05) is 19.8 Å². The summed E-state index contributed by atoms with van der Waals surface area (Å²) in [7, 11) is -5.45. The predicted octanol–water partition coefficient (Wildman–Crippen LogP) is 0.285. The van der Waals surface area contributed by atoms with Crippen LogP contribution in [0, 0.1) is 6.92 Å². The quantitative estimate of drug-likeness (QED) is 0.786. The lowest BCUT2D eigenvalue weighted by molar-refractivity contribution is 0.553. The van der Waals surface area contributed by atoms with E-state index in [1.807, 2.05) is 6.92 Å². The van der Waals surface area contributed by atoms with Gasteiger partial charge in [-0.2, -0.15) is 0 Å². The Bertz CT molecular complexity index is 681. The number of sulfonamides is 1. The van der Waals surface area contributed by atoms with Gasteiger partial charge in [-0.1, -0.05) is 6.07 Å². The molecule has 1 aromatic carbocycles. The number of hydrogen-bond donors (Lipinski definition) is 2. The second-order valence-electron chi connectivity index (χ2n) is 4.74. The lowest BCUT2D eigenvalue weighted by Gasteiger charge is -2.14. The molecule has 0 aliphatic heterocycles. The standard InChI is InChI=1S/C12H20N2O4S2/c1-9-5-6-11(19(4,15)16)7-12(9)20(17,18)14-8-10(2)13-3/h5-7,10,13-14H,8H2,1-4H3. The molecule has 2 N–H and O–H groups in total. The van der Waals surface area contributed by atoms with Crippen molar-refractivity contribution in [3.8, 4) is 0 Å². The normalized spacial score (nSPS) is 14.2. The van der Waals surface area contributed by atoms with E-state index in [1.165, 1.54) is 18.2 Å². The number of aryl methyl sites for hydroxylation is 1. The minimum absolute atomic E-state index is 0.00913. The SMILES string of the molecule is CNC(C)CNS(=O)(=O)c1cc(S(C)(=O)=O)ccc1C. The third kappa shape index (κ3) is 4.27. The molecule has 0 spiro atoms. The summed E-state index contributed by atoms with van der Waals surface area (Å²) in [6, 6.07) is 4.06. The van der Waals surface area contributed by atoms with Crippen LogP contribution in [-0.2, 0) is 19.9 Å². The van der Waals surface area contributed by atoms with Crippen LogP contribution in [0.25, 0.3) is 0 Å². The first-order chi connectivity index (χ1) is 9.08. The molecular weight excluding hydrogens is 300 g/mol. The number of hydrogen-bond acceptors (Lipinski definition) is 5. The van der Waals surface area contributed by atoms with Crippen molar-refractivity contribution in [1.29, 1.82) is 0 Å². The minimum atomic E-state index is -3.73. The molecule has 1 atom stereocenters. The summed E-state index contributed by atoms with van der Waals surface area (Å²) in [6.45, 7) is 3.69. The van der Waals surface area contributed by atoms with Crippen LogP contribution in [0.2, 0.25) is 0 Å². The third-order valence-corrected chi connectivity index (χ3v) is 5.63. The number of likely N-dealkylation sites (N-methyl/N-ethyl adjacent to an activating group) is 1. The van der Waals surface area contributed by atoms with Crippen molar-refractivity contribution in [1.82, 2.24) is 10.0 Å². The van der Waals surface area contributed by atoms with Crippen LogP contribution in [-0.4, -0.2) is 42.7 Å². The third-order valence-electron chi connectivity index (χ3n) is 2.95. The van der Waals surface area contributed by atoms with E-state index in [2.05, 4.69) is 10.0 Å². The van der Waals surface area contributed by atoms with Gasteiger partial charge in [0, 0.05) is 18.8 Å². The highest BCUT2D eigenvalue weighted by atomic mass is 32.2. The monoisotopic (exact) mass is 320 g/mol. The average Bonchev–Trinajstić information content (AvgIpc) is 2.34. The highest BCUT2D eigenvalue weighted by Gasteiger charge is 2.20. The molecule has 0 aromatic heterocycles. The molecule has 114 valence electrons. The number of rotatable bonds is 6. The molecule has 0 saturated heterocycles. The van der Waals surface area contributed by atoms with E-state index in [0.29, 0.717) is 5.56 Å². The van der Waals surface area contributed by atoms with Crippen molar-refractivity contribution in [3.63, 3.8) is 0 Å². The van der Waals surface area contributed by atoms with Gasteiger partial charge in [-0.3, -0.25) is 0 Å². The molecule has 0 aliphatic carbocycles. The summed E-state index contributed by atoms with van der Waals surface area (Å²) in [5.41, 5.74) is 0.502. The molecule has 8 heteroatoms. The van der Waals surface area contributed by atoms with E-state index in [9.17, 15) is 16.8 Å². The van der Waals surface area contributed by atoms with Crippen LogP contribution in [0.4, 0.5) is 0 Å². The smallest absolute Gasteiger partial charge is 0.240 e. The van der Waals surface area contributed by atoms with Crippen molar-refractivity contribution in [3.05, 3.63) is 23.8 Å². The minimum Gasteiger partial charge on any atom is -0.316 e. The summed E-state index contributed by atoms with van der Waals surface area (Å²) in [6.07, 6.45) is 1.05. The van der Waals surface area contributed by atoms with E-state index >= 15 is 0 Å². The summed E-state index contributed by atoms with van der Waals surface area (Å²) in [5.74, 6) is 0. The average molecular weight is 320 g/mol. The van der Waals surface area contributed by atoms with Gasteiger partial charge in [0.25, 0.3) is 0 Å². The molecule has 6 nitrogen and oxygen atoms in total. The van der Waals surface area contributed by atoms with Gasteiger partial charge in [0.15, 0.2) is 9.84 Å². The van der Waals surface area contributed by atoms with Crippen LogP contribution in [0.1, 0.15) is 12.5 Å². The topological polar surface area (TPSA) is 92.3 Å². The Morgan fingerprint density at radius 2 is 1.80 bits per heavy atom. The fourth-order valence-corrected chi connectivity index (χ4v) is 3.64. The Labute approximate surface area is 120 Å². The van der Waals surface area contributed by atoms with E-state index in [0.717, 1.165) is 6.26 Å². The van der Waals surface area contributed by atoms with Crippen molar-refractivity contribution < 1.29 is 16.8 Å². The maximum Gasteiger partial charge on any atom is 0.240 e. The molecule has 0 fully saturated rings. The Balaban J connectivity index is 3.18. The first kappa shape index (κ1) is 17.1. The van der Waals surface area contributed by atoms with Gasteiger partial charge in [0.2, 0.25) is 10.0 Å². The van der Waals surface area contributed by atoms with Gasteiger partial charge in [-0.05, 0) is 38.6 Å². The number of sulfone groups is 1. The molecule has 1 unspecified atom stereocenters. The largest absolute Gasteiger partial charge is 0.316 e. The zero-order chi connectivity index (χ0) is 15.6. The van der Waals surface area contributed by atoms with E-state index < -0.39 is 19.9 Å². The second-order valence-corrected chi connectivity index (χ2v) is 8.49. The summed E-state index contributed by atoms with van der Waals surface area (Å²) in [4.78, 5) is -0.0196. The highest BCUT2D eigenvalue weighted by molar-refractivity contribution is 7.91. The van der Waals surface area contributed by atoms with Gasteiger partial charge >= 0.3 is 0 Å². The maximum atomic E-state index is 12.2. The van der Waals surface area contributed by atoms with Crippen LogP contribution in [0.3, 0.4) is 0 Å². The first-order valence-corrected chi connectivity index (χ1v) is 9.43. The van der Waals surface area contributed by atoms with E-state index in [1.54, 1.807) is 14.0 Å². The van der Waals surface area contributed by atoms with Crippen LogP contribution in [0.15, 0.2) is 28.0 Å². The Hall–Kier alpha value is -0.960. The van der Waals surface area contributed by atoms with Crippen molar-refractivity contribution in [2.45, 2.75) is 29.7 Å². The number of nitrogens with one attached hydrogen (secondary N) is 2. The molecule has 0 bridgehead atoms. The molecule has 0 aliphatic rings. The summed E-state index contributed by atoms with van der Waals surface area (Å²) >= 11 is 0.